The Labute approximate surface area is 148 Å². The molecule has 0 saturated heterocycles. The van der Waals surface area contributed by atoms with Crippen LogP contribution in [0.15, 0.2) is 54.7 Å². The summed E-state index contributed by atoms with van der Waals surface area (Å²) in [4.78, 5) is 20.6. The second-order valence-electron chi connectivity index (χ2n) is 5.31. The number of aryl methyl sites for hydroxylation is 1. The van der Waals surface area contributed by atoms with Gasteiger partial charge in [0.2, 0.25) is 5.95 Å². The lowest BCUT2D eigenvalue weighted by molar-refractivity contribution is 0.102. The summed E-state index contributed by atoms with van der Waals surface area (Å²) in [7, 11) is 0. The first-order valence-corrected chi connectivity index (χ1v) is 7.82. The first-order valence-electron chi connectivity index (χ1n) is 7.44. The van der Waals surface area contributed by atoms with E-state index in [1.165, 1.54) is 36.5 Å². The van der Waals surface area contributed by atoms with Gasteiger partial charge in [-0.3, -0.25) is 4.79 Å². The van der Waals surface area contributed by atoms with Crippen LogP contribution in [0.1, 0.15) is 16.1 Å². The lowest BCUT2D eigenvalue weighted by Crippen LogP contribution is -2.14. The van der Waals surface area contributed by atoms with Crippen LogP contribution in [0.3, 0.4) is 0 Å². The van der Waals surface area contributed by atoms with Crippen molar-refractivity contribution in [3.05, 3.63) is 76.8 Å². The van der Waals surface area contributed by atoms with E-state index >= 15 is 0 Å². The number of nitrogens with one attached hydrogen (secondary N) is 2. The highest BCUT2D eigenvalue weighted by Crippen LogP contribution is 2.22. The molecule has 0 aliphatic heterocycles. The number of halogens is 2. The largest absolute Gasteiger partial charge is 0.324 e. The molecule has 1 heterocycles. The fourth-order valence-corrected chi connectivity index (χ4v) is 2.30. The van der Waals surface area contributed by atoms with E-state index in [0.29, 0.717) is 10.7 Å². The molecule has 1 aromatic heterocycles. The maximum absolute atomic E-state index is 12.9. The molecule has 0 radical (unpaired) electrons. The zero-order chi connectivity index (χ0) is 17.8. The molecule has 3 aromatic rings. The van der Waals surface area contributed by atoms with Crippen molar-refractivity contribution in [1.82, 2.24) is 9.97 Å². The molecular weight excluding hydrogens is 343 g/mol. The summed E-state index contributed by atoms with van der Waals surface area (Å²) < 4.78 is 12.9. The van der Waals surface area contributed by atoms with Crippen molar-refractivity contribution in [3.8, 4) is 0 Å². The highest BCUT2D eigenvalue weighted by molar-refractivity contribution is 6.30. The quantitative estimate of drug-likeness (QED) is 0.718. The zero-order valence-electron chi connectivity index (χ0n) is 13.3. The van der Waals surface area contributed by atoms with Crippen molar-refractivity contribution in [2.24, 2.45) is 0 Å². The molecule has 1 amide bonds. The Bertz CT molecular complexity index is 915. The van der Waals surface area contributed by atoms with E-state index in [9.17, 15) is 9.18 Å². The summed E-state index contributed by atoms with van der Waals surface area (Å²) >= 11 is 5.99. The lowest BCUT2D eigenvalue weighted by Gasteiger charge is -2.10. The van der Waals surface area contributed by atoms with E-state index in [0.717, 1.165) is 11.3 Å². The van der Waals surface area contributed by atoms with Crippen LogP contribution in [0.5, 0.6) is 0 Å². The van der Waals surface area contributed by atoms with Gasteiger partial charge in [0.1, 0.15) is 11.5 Å². The molecule has 0 spiro atoms. The maximum atomic E-state index is 12.9. The standard InChI is InChI=1S/C18H14ClFN4O/c1-11-2-3-12(19)10-16(11)24-18-21-9-8-15(23-18)17(25)22-14-6-4-13(20)5-7-14/h2-10H,1H3,(H,22,25)(H,21,23,24). The Hall–Kier alpha value is -2.99. The van der Waals surface area contributed by atoms with Gasteiger partial charge in [0.05, 0.1) is 0 Å². The fourth-order valence-electron chi connectivity index (χ4n) is 2.12. The molecule has 25 heavy (non-hydrogen) atoms. The molecule has 0 aliphatic rings. The van der Waals surface area contributed by atoms with Crippen molar-refractivity contribution in [2.75, 3.05) is 10.6 Å². The Morgan fingerprint density at radius 2 is 1.88 bits per heavy atom. The highest BCUT2D eigenvalue weighted by atomic mass is 35.5. The van der Waals surface area contributed by atoms with Gasteiger partial charge in [0, 0.05) is 22.6 Å². The third-order valence-electron chi connectivity index (χ3n) is 3.44. The smallest absolute Gasteiger partial charge is 0.274 e. The lowest BCUT2D eigenvalue weighted by atomic mass is 10.2. The minimum Gasteiger partial charge on any atom is -0.324 e. The van der Waals surface area contributed by atoms with Crippen LogP contribution < -0.4 is 10.6 Å². The van der Waals surface area contributed by atoms with E-state index in [1.807, 2.05) is 13.0 Å². The van der Waals surface area contributed by atoms with E-state index < -0.39 is 5.91 Å². The van der Waals surface area contributed by atoms with Crippen molar-refractivity contribution < 1.29 is 9.18 Å². The number of hydrogen-bond donors (Lipinski definition) is 2. The second-order valence-corrected chi connectivity index (χ2v) is 5.75. The zero-order valence-corrected chi connectivity index (χ0v) is 14.0. The number of amides is 1. The van der Waals surface area contributed by atoms with Gasteiger partial charge in [0.15, 0.2) is 0 Å². The Balaban J connectivity index is 1.77. The maximum Gasteiger partial charge on any atom is 0.274 e. The van der Waals surface area contributed by atoms with Gasteiger partial charge in [-0.2, -0.15) is 0 Å². The minimum absolute atomic E-state index is 0.182. The first kappa shape index (κ1) is 16.9. The van der Waals surface area contributed by atoms with Crippen molar-refractivity contribution in [2.45, 2.75) is 6.92 Å². The number of anilines is 3. The average Bonchev–Trinajstić information content (AvgIpc) is 2.60. The Kier molecular flexibility index (Phi) is 4.90. The molecular formula is C18H14ClFN4O. The Morgan fingerprint density at radius 3 is 2.64 bits per heavy atom. The van der Waals surface area contributed by atoms with Crippen molar-refractivity contribution >= 4 is 34.8 Å². The highest BCUT2D eigenvalue weighted by Gasteiger charge is 2.10. The normalized spacial score (nSPS) is 10.4. The molecule has 2 N–H and O–H groups in total. The molecule has 0 saturated carbocycles. The number of carbonyl (C=O) groups excluding carboxylic acids is 1. The summed E-state index contributed by atoms with van der Waals surface area (Å²) in [6.07, 6.45) is 1.48. The summed E-state index contributed by atoms with van der Waals surface area (Å²) in [5.41, 5.74) is 2.38. The number of carbonyl (C=O) groups is 1. The molecule has 3 rings (SSSR count). The third-order valence-corrected chi connectivity index (χ3v) is 3.67. The van der Waals surface area contributed by atoms with E-state index in [2.05, 4.69) is 20.6 Å². The average molecular weight is 357 g/mol. The second kappa shape index (κ2) is 7.27. The molecule has 7 heteroatoms. The molecule has 0 aliphatic carbocycles. The van der Waals surface area contributed by atoms with Crippen LogP contribution in [0.2, 0.25) is 5.02 Å². The van der Waals surface area contributed by atoms with Crippen LogP contribution in [-0.2, 0) is 0 Å². The first-order chi connectivity index (χ1) is 12.0. The molecule has 0 unspecified atom stereocenters. The molecule has 0 atom stereocenters. The van der Waals surface area contributed by atoms with Crippen LogP contribution in [0, 0.1) is 12.7 Å². The third kappa shape index (κ3) is 4.30. The SMILES string of the molecule is Cc1ccc(Cl)cc1Nc1nccc(C(=O)Nc2ccc(F)cc2)n1. The molecule has 5 nitrogen and oxygen atoms in total. The van der Waals surface area contributed by atoms with Gasteiger partial charge < -0.3 is 10.6 Å². The van der Waals surface area contributed by atoms with Crippen LogP contribution >= 0.6 is 11.6 Å². The predicted molar refractivity (Wildman–Crippen MR) is 95.9 cm³/mol. The molecule has 2 aromatic carbocycles. The van der Waals surface area contributed by atoms with Gasteiger partial charge in [0.25, 0.3) is 5.91 Å². The summed E-state index contributed by atoms with van der Waals surface area (Å²) in [6, 6.07) is 12.4. The van der Waals surface area contributed by atoms with Crippen molar-refractivity contribution in [1.29, 1.82) is 0 Å². The number of nitrogens with zero attached hydrogens (tertiary/aromatic N) is 2. The monoisotopic (exact) mass is 356 g/mol. The van der Waals surface area contributed by atoms with Gasteiger partial charge in [-0.1, -0.05) is 17.7 Å². The number of hydrogen-bond acceptors (Lipinski definition) is 4. The minimum atomic E-state index is -0.417. The Morgan fingerprint density at radius 1 is 1.12 bits per heavy atom. The van der Waals surface area contributed by atoms with Crippen LogP contribution in [-0.4, -0.2) is 15.9 Å². The van der Waals surface area contributed by atoms with Crippen LogP contribution in [0.25, 0.3) is 0 Å². The van der Waals surface area contributed by atoms with Gasteiger partial charge in [-0.05, 0) is 55.0 Å². The van der Waals surface area contributed by atoms with Gasteiger partial charge in [-0.25, -0.2) is 14.4 Å². The molecule has 0 fully saturated rings. The topological polar surface area (TPSA) is 66.9 Å². The molecule has 0 bridgehead atoms. The van der Waals surface area contributed by atoms with E-state index in [1.54, 1.807) is 12.1 Å². The number of benzene rings is 2. The fraction of sp³-hybridized carbons (Fsp3) is 0.0556. The molecule has 126 valence electrons. The summed E-state index contributed by atoms with van der Waals surface area (Å²) in [6.45, 7) is 1.92. The van der Waals surface area contributed by atoms with Crippen molar-refractivity contribution in [3.63, 3.8) is 0 Å². The van der Waals surface area contributed by atoms with E-state index in [-0.39, 0.29) is 17.5 Å². The van der Waals surface area contributed by atoms with Gasteiger partial charge in [-0.15, -0.1) is 0 Å². The van der Waals surface area contributed by atoms with E-state index in [4.69, 9.17) is 11.6 Å². The predicted octanol–water partition coefficient (Wildman–Crippen LogP) is 4.57. The summed E-state index contributed by atoms with van der Waals surface area (Å²) in [5.74, 6) is -0.514. The number of aromatic nitrogens is 2. The summed E-state index contributed by atoms with van der Waals surface area (Å²) in [5, 5.41) is 6.28. The number of rotatable bonds is 4. The van der Waals surface area contributed by atoms with Crippen LogP contribution in [0.4, 0.5) is 21.7 Å². The van der Waals surface area contributed by atoms with Gasteiger partial charge >= 0.3 is 0 Å².